The van der Waals surface area contributed by atoms with Crippen molar-refractivity contribution in [2.45, 2.75) is 26.4 Å². The molecule has 0 aromatic heterocycles. The van der Waals surface area contributed by atoms with E-state index in [9.17, 15) is 4.79 Å². The zero-order valence-electron chi connectivity index (χ0n) is 12.3. The molecule has 4 heteroatoms. The fraction of sp³-hybridized carbons (Fsp3) is 0.438. The van der Waals surface area contributed by atoms with Crippen molar-refractivity contribution in [1.82, 2.24) is 0 Å². The van der Waals surface area contributed by atoms with Crippen LogP contribution in [0.5, 0.6) is 0 Å². The summed E-state index contributed by atoms with van der Waals surface area (Å²) in [5, 5.41) is 2.85. The second-order valence-corrected chi connectivity index (χ2v) is 5.35. The summed E-state index contributed by atoms with van der Waals surface area (Å²) in [6, 6.07) is 7.95. The van der Waals surface area contributed by atoms with Crippen molar-refractivity contribution < 1.29 is 9.53 Å². The summed E-state index contributed by atoms with van der Waals surface area (Å²) >= 11 is 0. The van der Waals surface area contributed by atoms with Gasteiger partial charge in [0.1, 0.15) is 0 Å². The Bertz CT molecular complexity index is 490. The number of hydrogen-bond donors (Lipinski definition) is 1. The zero-order chi connectivity index (χ0) is 14.5. The van der Waals surface area contributed by atoms with Crippen LogP contribution in [0.4, 0.5) is 11.4 Å². The third-order valence-corrected chi connectivity index (χ3v) is 3.40. The Morgan fingerprint density at radius 1 is 1.35 bits per heavy atom. The van der Waals surface area contributed by atoms with Crippen LogP contribution in [0.25, 0.3) is 0 Å². The van der Waals surface area contributed by atoms with Gasteiger partial charge >= 0.3 is 0 Å². The molecule has 1 aliphatic heterocycles. The van der Waals surface area contributed by atoms with E-state index in [0.29, 0.717) is 6.10 Å². The molecule has 1 saturated heterocycles. The van der Waals surface area contributed by atoms with Gasteiger partial charge in [-0.1, -0.05) is 5.57 Å². The van der Waals surface area contributed by atoms with E-state index < -0.39 is 0 Å². The van der Waals surface area contributed by atoms with Crippen molar-refractivity contribution in [3.05, 3.63) is 35.9 Å². The molecule has 0 spiro atoms. The molecule has 0 radical (unpaired) electrons. The molecular formula is C16H22N2O2. The van der Waals surface area contributed by atoms with Crippen molar-refractivity contribution in [2.24, 2.45) is 0 Å². The Morgan fingerprint density at radius 2 is 2.05 bits per heavy atom. The minimum atomic E-state index is -0.0848. The van der Waals surface area contributed by atoms with Gasteiger partial charge in [-0.15, -0.1) is 0 Å². The molecule has 1 amide bonds. The van der Waals surface area contributed by atoms with Gasteiger partial charge in [0.15, 0.2) is 0 Å². The summed E-state index contributed by atoms with van der Waals surface area (Å²) in [7, 11) is 1.76. The van der Waals surface area contributed by atoms with Crippen LogP contribution in [0.15, 0.2) is 35.9 Å². The summed E-state index contributed by atoms with van der Waals surface area (Å²) in [6.07, 6.45) is 2.99. The van der Waals surface area contributed by atoms with Crippen LogP contribution < -0.4 is 10.2 Å². The lowest BCUT2D eigenvalue weighted by Crippen LogP contribution is -2.22. The summed E-state index contributed by atoms with van der Waals surface area (Å²) in [6.45, 7) is 5.76. The molecule has 1 fully saturated rings. The van der Waals surface area contributed by atoms with Crippen molar-refractivity contribution in [1.29, 1.82) is 0 Å². The molecule has 0 saturated carbocycles. The number of amides is 1. The quantitative estimate of drug-likeness (QED) is 0.858. The highest BCUT2D eigenvalue weighted by Crippen LogP contribution is 2.23. The first-order chi connectivity index (χ1) is 9.58. The highest BCUT2D eigenvalue weighted by Gasteiger charge is 2.21. The van der Waals surface area contributed by atoms with Gasteiger partial charge in [0, 0.05) is 37.7 Å². The molecule has 1 heterocycles. The van der Waals surface area contributed by atoms with Crippen LogP contribution in [0.2, 0.25) is 0 Å². The second-order valence-electron chi connectivity index (χ2n) is 5.35. The number of rotatable bonds is 4. The average molecular weight is 274 g/mol. The van der Waals surface area contributed by atoms with Crippen LogP contribution in [-0.4, -0.2) is 32.2 Å². The number of allylic oxidation sites excluding steroid dienone is 1. The Labute approximate surface area is 120 Å². The van der Waals surface area contributed by atoms with Gasteiger partial charge in [-0.25, -0.2) is 0 Å². The summed E-state index contributed by atoms with van der Waals surface area (Å²) in [5.41, 5.74) is 2.98. The SMILES string of the molecule is COC1CCN(c2ccc(NC(=O)C=C(C)C)cc2)C1. The molecule has 0 bridgehead atoms. The van der Waals surface area contributed by atoms with Crippen LogP contribution in [0.3, 0.4) is 0 Å². The van der Waals surface area contributed by atoms with Crippen molar-refractivity contribution in [2.75, 3.05) is 30.4 Å². The van der Waals surface area contributed by atoms with Crippen LogP contribution in [0, 0.1) is 0 Å². The largest absolute Gasteiger partial charge is 0.380 e. The molecule has 1 unspecified atom stereocenters. The summed E-state index contributed by atoms with van der Waals surface area (Å²) < 4.78 is 5.37. The first-order valence-corrected chi connectivity index (χ1v) is 6.92. The molecule has 108 valence electrons. The maximum atomic E-state index is 11.6. The molecule has 4 nitrogen and oxygen atoms in total. The van der Waals surface area contributed by atoms with Crippen molar-refractivity contribution in [3.8, 4) is 0 Å². The Kier molecular flexibility index (Phi) is 4.79. The molecular weight excluding hydrogens is 252 g/mol. The van der Waals surface area contributed by atoms with Gasteiger partial charge in [-0.3, -0.25) is 4.79 Å². The maximum absolute atomic E-state index is 11.6. The minimum absolute atomic E-state index is 0.0848. The normalized spacial score (nSPS) is 17.9. The molecule has 1 aliphatic rings. The van der Waals surface area contributed by atoms with Crippen molar-refractivity contribution >= 4 is 17.3 Å². The molecule has 1 N–H and O–H groups in total. The van der Waals surface area contributed by atoms with E-state index in [1.807, 2.05) is 38.1 Å². The number of hydrogen-bond acceptors (Lipinski definition) is 3. The van der Waals surface area contributed by atoms with Gasteiger partial charge in [0.05, 0.1) is 6.10 Å². The number of methoxy groups -OCH3 is 1. The first-order valence-electron chi connectivity index (χ1n) is 6.92. The molecule has 1 aromatic carbocycles. The Morgan fingerprint density at radius 3 is 2.60 bits per heavy atom. The lowest BCUT2D eigenvalue weighted by molar-refractivity contribution is -0.111. The molecule has 2 rings (SSSR count). The third-order valence-electron chi connectivity index (χ3n) is 3.40. The lowest BCUT2D eigenvalue weighted by atomic mass is 10.2. The van der Waals surface area contributed by atoms with Crippen molar-refractivity contribution in [3.63, 3.8) is 0 Å². The van der Waals surface area contributed by atoms with Gasteiger partial charge in [-0.2, -0.15) is 0 Å². The topological polar surface area (TPSA) is 41.6 Å². The third kappa shape index (κ3) is 3.84. The second kappa shape index (κ2) is 6.57. The van der Waals surface area contributed by atoms with E-state index in [2.05, 4.69) is 10.2 Å². The van der Waals surface area contributed by atoms with Crippen LogP contribution in [-0.2, 0) is 9.53 Å². The predicted molar refractivity (Wildman–Crippen MR) is 82.1 cm³/mol. The summed E-state index contributed by atoms with van der Waals surface area (Å²) in [5.74, 6) is -0.0848. The van der Waals surface area contributed by atoms with Gasteiger partial charge in [0.2, 0.25) is 5.91 Å². The number of ether oxygens (including phenoxy) is 1. The number of nitrogens with one attached hydrogen (secondary N) is 1. The fourth-order valence-electron chi connectivity index (χ4n) is 2.35. The average Bonchev–Trinajstić information content (AvgIpc) is 2.87. The number of carbonyl (C=O) groups is 1. The van der Waals surface area contributed by atoms with E-state index in [-0.39, 0.29) is 5.91 Å². The number of benzene rings is 1. The maximum Gasteiger partial charge on any atom is 0.248 e. The highest BCUT2D eigenvalue weighted by molar-refractivity contribution is 5.99. The highest BCUT2D eigenvalue weighted by atomic mass is 16.5. The number of anilines is 2. The van der Waals surface area contributed by atoms with E-state index in [1.165, 1.54) is 5.69 Å². The fourth-order valence-corrected chi connectivity index (χ4v) is 2.35. The molecule has 1 atom stereocenters. The van der Waals surface area contributed by atoms with Gasteiger partial charge in [0.25, 0.3) is 0 Å². The van der Waals surface area contributed by atoms with Gasteiger partial charge < -0.3 is 15.0 Å². The zero-order valence-corrected chi connectivity index (χ0v) is 12.3. The predicted octanol–water partition coefficient (Wildman–Crippen LogP) is 2.82. The van der Waals surface area contributed by atoms with E-state index in [4.69, 9.17) is 4.74 Å². The standard InChI is InChI=1S/C16H22N2O2/c1-12(2)10-16(19)17-13-4-6-14(7-5-13)18-9-8-15(11-18)20-3/h4-7,10,15H,8-9,11H2,1-3H3,(H,17,19). The molecule has 0 aliphatic carbocycles. The Hall–Kier alpha value is -1.81. The lowest BCUT2D eigenvalue weighted by Gasteiger charge is -2.18. The van der Waals surface area contributed by atoms with E-state index >= 15 is 0 Å². The monoisotopic (exact) mass is 274 g/mol. The Balaban J connectivity index is 1.97. The molecule has 20 heavy (non-hydrogen) atoms. The molecule has 1 aromatic rings. The minimum Gasteiger partial charge on any atom is -0.380 e. The van der Waals surface area contributed by atoms with E-state index in [1.54, 1.807) is 13.2 Å². The summed E-state index contributed by atoms with van der Waals surface area (Å²) in [4.78, 5) is 13.9. The van der Waals surface area contributed by atoms with E-state index in [0.717, 1.165) is 30.8 Å². The smallest absolute Gasteiger partial charge is 0.248 e. The number of carbonyl (C=O) groups excluding carboxylic acids is 1. The van der Waals surface area contributed by atoms with Crippen LogP contribution in [0.1, 0.15) is 20.3 Å². The first kappa shape index (κ1) is 14.6. The van der Waals surface area contributed by atoms with Crippen LogP contribution >= 0.6 is 0 Å². The van der Waals surface area contributed by atoms with Gasteiger partial charge in [-0.05, 0) is 44.5 Å². The number of nitrogens with zero attached hydrogens (tertiary/aromatic N) is 1.